The molecule has 0 aromatic heterocycles. The Labute approximate surface area is 208 Å². The summed E-state index contributed by atoms with van der Waals surface area (Å²) in [5.41, 5.74) is 0.501. The SMILES string of the molecule is CN1CCC(NS(=O)(=O)NS(=O)(=O)c2cc(C(=O)Nc3ccc(Br)cc3)ccc2Br)CC1=O. The molecular formula is C19H20Br2N4O6S2. The Balaban J connectivity index is 1.77. The van der Waals surface area contributed by atoms with Gasteiger partial charge in [0.25, 0.3) is 26.1 Å². The molecule has 178 valence electrons. The molecule has 2 aromatic carbocycles. The average Bonchev–Trinajstić information content (AvgIpc) is 2.71. The number of piperidine rings is 1. The maximum absolute atomic E-state index is 12.8. The van der Waals surface area contributed by atoms with Crippen molar-refractivity contribution >= 4 is 69.6 Å². The molecule has 0 radical (unpaired) electrons. The van der Waals surface area contributed by atoms with E-state index >= 15 is 0 Å². The third-order valence-electron chi connectivity index (χ3n) is 4.79. The van der Waals surface area contributed by atoms with Crippen molar-refractivity contribution in [1.82, 2.24) is 13.7 Å². The second-order valence-corrected chi connectivity index (χ2v) is 12.4. The van der Waals surface area contributed by atoms with E-state index in [1.54, 1.807) is 35.4 Å². The van der Waals surface area contributed by atoms with E-state index in [0.29, 0.717) is 18.7 Å². The number of rotatable bonds is 7. The van der Waals surface area contributed by atoms with E-state index in [1.165, 1.54) is 17.0 Å². The van der Waals surface area contributed by atoms with E-state index in [2.05, 4.69) is 41.9 Å². The number of sulfonamides is 1. The molecule has 0 aliphatic carbocycles. The zero-order chi connectivity index (χ0) is 24.4. The minimum Gasteiger partial charge on any atom is -0.346 e. The van der Waals surface area contributed by atoms with Crippen molar-refractivity contribution in [3.8, 4) is 0 Å². The summed E-state index contributed by atoms with van der Waals surface area (Å²) < 4.78 is 55.3. The van der Waals surface area contributed by atoms with E-state index in [9.17, 15) is 26.4 Å². The van der Waals surface area contributed by atoms with E-state index in [4.69, 9.17) is 0 Å². The normalized spacial score (nSPS) is 17.1. The smallest absolute Gasteiger partial charge is 0.290 e. The largest absolute Gasteiger partial charge is 0.346 e. The minimum absolute atomic E-state index is 0.00719. The van der Waals surface area contributed by atoms with Crippen LogP contribution in [0.25, 0.3) is 0 Å². The van der Waals surface area contributed by atoms with Crippen molar-refractivity contribution in [3.05, 3.63) is 57.0 Å². The molecular weight excluding hydrogens is 604 g/mol. The lowest BCUT2D eigenvalue weighted by molar-refractivity contribution is -0.132. The van der Waals surface area contributed by atoms with Gasteiger partial charge in [-0.25, -0.2) is 8.42 Å². The average molecular weight is 624 g/mol. The molecule has 10 nitrogen and oxygen atoms in total. The zero-order valence-electron chi connectivity index (χ0n) is 17.2. The van der Waals surface area contributed by atoms with Gasteiger partial charge in [0.15, 0.2) is 0 Å². The maximum atomic E-state index is 12.8. The lowest BCUT2D eigenvalue weighted by atomic mass is 10.1. The molecule has 1 aliphatic rings. The molecule has 1 heterocycles. The van der Waals surface area contributed by atoms with Crippen LogP contribution in [-0.2, 0) is 25.0 Å². The molecule has 1 atom stereocenters. The highest BCUT2D eigenvalue weighted by Crippen LogP contribution is 2.24. The fourth-order valence-corrected chi connectivity index (χ4v) is 7.17. The Kier molecular flexibility index (Phi) is 7.96. The van der Waals surface area contributed by atoms with Gasteiger partial charge in [-0.3, -0.25) is 9.59 Å². The number of amides is 2. The van der Waals surface area contributed by atoms with Gasteiger partial charge in [0.1, 0.15) is 0 Å². The standard InChI is InChI=1S/C19H20Br2N4O6S2/c1-25-9-8-15(11-18(25)26)23-33(30,31)24-32(28,29)17-10-12(2-7-16(17)21)19(27)22-14-5-3-13(20)4-6-14/h2-7,10,15,23-24H,8-9,11H2,1H3,(H,22,27). The molecule has 1 saturated heterocycles. The number of halogens is 2. The van der Waals surface area contributed by atoms with Crippen molar-refractivity contribution in [2.24, 2.45) is 0 Å². The number of benzene rings is 2. The fraction of sp³-hybridized carbons (Fsp3) is 0.263. The third kappa shape index (κ3) is 6.83. The minimum atomic E-state index is -4.59. The molecule has 1 fully saturated rings. The topological polar surface area (TPSA) is 142 Å². The monoisotopic (exact) mass is 622 g/mol. The number of anilines is 1. The second kappa shape index (κ2) is 10.2. The molecule has 3 rings (SSSR count). The highest BCUT2D eigenvalue weighted by Gasteiger charge is 2.31. The van der Waals surface area contributed by atoms with Gasteiger partial charge in [-0.2, -0.15) is 13.1 Å². The van der Waals surface area contributed by atoms with Crippen LogP contribution in [0, 0.1) is 0 Å². The molecule has 0 saturated carbocycles. The van der Waals surface area contributed by atoms with Crippen LogP contribution in [-0.4, -0.2) is 53.2 Å². The van der Waals surface area contributed by atoms with Crippen molar-refractivity contribution in [2.75, 3.05) is 18.9 Å². The molecule has 2 amide bonds. The molecule has 14 heteroatoms. The predicted octanol–water partition coefficient (Wildman–Crippen LogP) is 2.20. The summed E-state index contributed by atoms with van der Waals surface area (Å²) >= 11 is 6.38. The van der Waals surface area contributed by atoms with Crippen molar-refractivity contribution in [3.63, 3.8) is 0 Å². The number of carbonyl (C=O) groups is 2. The van der Waals surface area contributed by atoms with Crippen LogP contribution in [0.3, 0.4) is 0 Å². The van der Waals surface area contributed by atoms with Crippen LogP contribution in [0.15, 0.2) is 56.3 Å². The van der Waals surface area contributed by atoms with Gasteiger partial charge in [0, 0.05) is 46.3 Å². The van der Waals surface area contributed by atoms with E-state index in [-0.39, 0.29) is 22.4 Å². The summed E-state index contributed by atoms with van der Waals surface area (Å²) in [5.74, 6) is -0.823. The van der Waals surface area contributed by atoms with Crippen molar-refractivity contribution < 1.29 is 26.4 Å². The van der Waals surface area contributed by atoms with Gasteiger partial charge in [0.05, 0.1) is 4.90 Å². The summed E-state index contributed by atoms with van der Waals surface area (Å²) in [4.78, 5) is 25.4. The first-order chi connectivity index (χ1) is 15.4. The summed E-state index contributed by atoms with van der Waals surface area (Å²) in [7, 11) is -7.50. The number of carbonyl (C=O) groups excluding carboxylic acids is 2. The van der Waals surface area contributed by atoms with Gasteiger partial charge in [-0.05, 0) is 64.8 Å². The van der Waals surface area contributed by atoms with Crippen LogP contribution in [0.2, 0.25) is 0 Å². The Morgan fingerprint density at radius 3 is 2.36 bits per heavy atom. The van der Waals surface area contributed by atoms with Crippen LogP contribution >= 0.6 is 31.9 Å². The Morgan fingerprint density at radius 2 is 1.73 bits per heavy atom. The number of likely N-dealkylation sites (tertiary alicyclic amines) is 1. The molecule has 1 unspecified atom stereocenters. The molecule has 3 N–H and O–H groups in total. The molecule has 33 heavy (non-hydrogen) atoms. The first-order valence-corrected chi connectivity index (χ1v) is 14.1. The molecule has 0 spiro atoms. The molecule has 0 bridgehead atoms. The van der Waals surface area contributed by atoms with Crippen LogP contribution in [0.4, 0.5) is 5.69 Å². The third-order valence-corrected chi connectivity index (χ3v) is 9.58. The van der Waals surface area contributed by atoms with Gasteiger partial charge >= 0.3 is 0 Å². The summed E-state index contributed by atoms with van der Waals surface area (Å²) in [6.45, 7) is 0.347. The van der Waals surface area contributed by atoms with E-state index < -0.39 is 37.1 Å². The predicted molar refractivity (Wildman–Crippen MR) is 129 cm³/mol. The van der Waals surface area contributed by atoms with Crippen LogP contribution < -0.4 is 14.2 Å². The zero-order valence-corrected chi connectivity index (χ0v) is 22.0. The van der Waals surface area contributed by atoms with Gasteiger partial charge in [-0.1, -0.05) is 20.1 Å². The van der Waals surface area contributed by atoms with E-state index in [1.807, 2.05) is 0 Å². The Hall–Kier alpha value is -1.84. The Bertz CT molecular complexity index is 1280. The van der Waals surface area contributed by atoms with Crippen LogP contribution in [0.5, 0.6) is 0 Å². The van der Waals surface area contributed by atoms with Gasteiger partial charge < -0.3 is 10.2 Å². The van der Waals surface area contributed by atoms with Crippen molar-refractivity contribution in [2.45, 2.75) is 23.8 Å². The first-order valence-electron chi connectivity index (χ1n) is 9.52. The summed E-state index contributed by atoms with van der Waals surface area (Å²) in [5, 5.41) is 2.64. The summed E-state index contributed by atoms with van der Waals surface area (Å²) in [6.07, 6.45) is 0.269. The second-order valence-electron chi connectivity index (χ2n) is 7.32. The number of nitrogens with one attached hydrogen (secondary N) is 3. The lowest BCUT2D eigenvalue weighted by Crippen LogP contribution is -2.50. The molecule has 2 aromatic rings. The highest BCUT2D eigenvalue weighted by molar-refractivity contribution is 9.10. The van der Waals surface area contributed by atoms with Gasteiger partial charge in [0.2, 0.25) is 5.91 Å². The lowest BCUT2D eigenvalue weighted by Gasteiger charge is -2.28. The maximum Gasteiger partial charge on any atom is 0.290 e. The highest BCUT2D eigenvalue weighted by atomic mass is 79.9. The first kappa shape index (κ1) is 25.8. The Morgan fingerprint density at radius 1 is 1.06 bits per heavy atom. The van der Waals surface area contributed by atoms with Crippen molar-refractivity contribution in [1.29, 1.82) is 0 Å². The number of hydrogen-bond acceptors (Lipinski definition) is 6. The molecule has 1 aliphatic heterocycles. The number of hydrogen-bond donors (Lipinski definition) is 3. The van der Waals surface area contributed by atoms with Crippen LogP contribution in [0.1, 0.15) is 23.2 Å². The van der Waals surface area contributed by atoms with E-state index in [0.717, 1.165) is 10.5 Å². The summed E-state index contributed by atoms with van der Waals surface area (Å²) in [6, 6.07) is 9.84. The quantitative estimate of drug-likeness (QED) is 0.432. The van der Waals surface area contributed by atoms with Gasteiger partial charge in [-0.15, -0.1) is 0 Å². The fourth-order valence-electron chi connectivity index (χ4n) is 3.06. The number of nitrogens with zero attached hydrogens (tertiary/aromatic N) is 1.